The lowest BCUT2D eigenvalue weighted by Crippen LogP contribution is -2.30. The SMILES string of the molecule is Cc1cccc(C)c1NC(=O)C(Sc1ccc(NC(=O)/C(=C/c2ccc([N+](=O)[O-])cc2)NC(=O)c2ccccc2)cc1)c1ccccc1. The van der Waals surface area contributed by atoms with Crippen LogP contribution in [0.25, 0.3) is 6.08 Å². The van der Waals surface area contributed by atoms with Crippen LogP contribution in [0.5, 0.6) is 0 Å². The number of nitrogens with zero attached hydrogens (tertiary/aromatic N) is 1. The normalized spacial score (nSPS) is 11.7. The van der Waals surface area contributed by atoms with Gasteiger partial charge < -0.3 is 16.0 Å². The van der Waals surface area contributed by atoms with Gasteiger partial charge in [0, 0.05) is 34.0 Å². The minimum Gasteiger partial charge on any atom is -0.324 e. The standard InChI is InChI=1S/C38H32N4O5S/c1-25-10-9-11-26(2)34(25)41-38(45)35(28-12-5-3-6-13-28)48-32-22-18-30(19-23-32)39-37(44)33(40-36(43)29-14-7-4-8-15-29)24-27-16-20-31(21-17-27)42(46)47/h3-24,35H,1-2H3,(H,39,44)(H,40,43)(H,41,45)/b33-24-. The van der Waals surface area contributed by atoms with Gasteiger partial charge in [0.05, 0.1) is 4.92 Å². The first-order chi connectivity index (χ1) is 23.2. The largest absolute Gasteiger partial charge is 0.324 e. The van der Waals surface area contributed by atoms with Crippen LogP contribution in [0.3, 0.4) is 0 Å². The van der Waals surface area contributed by atoms with E-state index in [0.717, 1.165) is 27.3 Å². The van der Waals surface area contributed by atoms with E-state index in [1.54, 1.807) is 42.5 Å². The fourth-order valence-electron chi connectivity index (χ4n) is 4.85. The molecule has 0 fully saturated rings. The summed E-state index contributed by atoms with van der Waals surface area (Å²) >= 11 is 1.38. The summed E-state index contributed by atoms with van der Waals surface area (Å²) in [5.41, 5.74) is 4.74. The minimum atomic E-state index is -0.590. The molecule has 9 nitrogen and oxygen atoms in total. The van der Waals surface area contributed by atoms with Crippen LogP contribution >= 0.6 is 11.8 Å². The molecule has 5 aromatic carbocycles. The summed E-state index contributed by atoms with van der Waals surface area (Å²) in [7, 11) is 0. The number of amides is 3. The second-order valence-electron chi connectivity index (χ2n) is 10.9. The van der Waals surface area contributed by atoms with Crippen molar-refractivity contribution in [2.45, 2.75) is 24.0 Å². The zero-order chi connectivity index (χ0) is 34.0. The van der Waals surface area contributed by atoms with E-state index in [1.165, 1.54) is 42.1 Å². The number of carbonyl (C=O) groups excluding carboxylic acids is 3. The molecule has 0 radical (unpaired) electrons. The Morgan fingerprint density at radius 2 is 1.33 bits per heavy atom. The lowest BCUT2D eigenvalue weighted by atomic mass is 10.1. The Kier molecular flexibility index (Phi) is 10.8. The highest BCUT2D eigenvalue weighted by atomic mass is 32.2. The number of nitro benzene ring substituents is 1. The summed E-state index contributed by atoms with van der Waals surface area (Å²) in [6, 6.07) is 36.5. The van der Waals surface area contributed by atoms with Crippen molar-refractivity contribution in [1.29, 1.82) is 0 Å². The third-order valence-corrected chi connectivity index (χ3v) is 8.65. The van der Waals surface area contributed by atoms with Gasteiger partial charge in [0.2, 0.25) is 5.91 Å². The zero-order valence-corrected chi connectivity index (χ0v) is 27.0. The summed E-state index contributed by atoms with van der Waals surface area (Å²) in [5, 5.41) is 19.1. The van der Waals surface area contributed by atoms with Crippen LogP contribution in [0.1, 0.15) is 37.9 Å². The highest BCUT2D eigenvalue weighted by Crippen LogP contribution is 2.37. The van der Waals surface area contributed by atoms with E-state index in [-0.39, 0.29) is 17.3 Å². The molecular weight excluding hydrogens is 625 g/mol. The van der Waals surface area contributed by atoms with Crippen LogP contribution in [0.2, 0.25) is 0 Å². The lowest BCUT2D eigenvalue weighted by molar-refractivity contribution is -0.384. The van der Waals surface area contributed by atoms with Gasteiger partial charge in [-0.1, -0.05) is 66.7 Å². The quantitative estimate of drug-likeness (QED) is 0.0570. The number of hydrogen-bond donors (Lipinski definition) is 3. The maximum atomic E-state index is 13.6. The Morgan fingerprint density at radius 1 is 0.729 bits per heavy atom. The Morgan fingerprint density at radius 3 is 1.94 bits per heavy atom. The summed E-state index contributed by atoms with van der Waals surface area (Å²) in [6.07, 6.45) is 1.45. The first kappa shape index (κ1) is 33.4. The average molecular weight is 657 g/mol. The van der Waals surface area contributed by atoms with Crippen LogP contribution in [0, 0.1) is 24.0 Å². The molecule has 240 valence electrons. The number of non-ortho nitro benzene ring substituents is 1. The van der Waals surface area contributed by atoms with Crippen LogP contribution in [-0.4, -0.2) is 22.6 Å². The number of rotatable bonds is 11. The summed E-state index contributed by atoms with van der Waals surface area (Å²) in [5.74, 6) is -1.24. The summed E-state index contributed by atoms with van der Waals surface area (Å²) in [4.78, 5) is 51.4. The number of nitrogens with one attached hydrogen (secondary N) is 3. The molecule has 0 aromatic heterocycles. The van der Waals surface area contributed by atoms with Gasteiger partial charge in [-0.15, -0.1) is 11.8 Å². The number of thioether (sulfide) groups is 1. The van der Waals surface area contributed by atoms with Crippen molar-refractivity contribution in [2.75, 3.05) is 10.6 Å². The van der Waals surface area contributed by atoms with E-state index < -0.39 is 22.0 Å². The summed E-state index contributed by atoms with van der Waals surface area (Å²) < 4.78 is 0. The second kappa shape index (κ2) is 15.5. The molecule has 0 bridgehead atoms. The van der Waals surface area contributed by atoms with Crippen molar-refractivity contribution in [1.82, 2.24) is 5.32 Å². The zero-order valence-electron chi connectivity index (χ0n) is 26.2. The fraction of sp³-hybridized carbons (Fsp3) is 0.0789. The van der Waals surface area contributed by atoms with Gasteiger partial charge in [0.25, 0.3) is 17.5 Å². The van der Waals surface area contributed by atoms with Crippen LogP contribution < -0.4 is 16.0 Å². The number of anilines is 2. The van der Waals surface area contributed by atoms with Crippen molar-refractivity contribution >= 4 is 52.6 Å². The first-order valence-corrected chi connectivity index (χ1v) is 15.9. The Labute approximate surface area is 282 Å². The number of para-hydroxylation sites is 1. The highest BCUT2D eigenvalue weighted by Gasteiger charge is 2.23. The van der Waals surface area contributed by atoms with Crippen LogP contribution in [0.4, 0.5) is 17.1 Å². The van der Waals surface area contributed by atoms with Gasteiger partial charge in [-0.2, -0.15) is 0 Å². The first-order valence-electron chi connectivity index (χ1n) is 15.0. The van der Waals surface area contributed by atoms with Gasteiger partial charge in [0.15, 0.2) is 0 Å². The molecule has 0 spiro atoms. The van der Waals surface area contributed by atoms with Crippen molar-refractivity contribution in [3.63, 3.8) is 0 Å². The van der Waals surface area contributed by atoms with Gasteiger partial charge >= 0.3 is 0 Å². The highest BCUT2D eigenvalue weighted by molar-refractivity contribution is 8.00. The molecule has 3 amide bonds. The molecule has 0 saturated carbocycles. The maximum Gasteiger partial charge on any atom is 0.272 e. The molecule has 5 rings (SSSR count). The van der Waals surface area contributed by atoms with Crippen LogP contribution in [0.15, 0.2) is 138 Å². The van der Waals surface area contributed by atoms with Gasteiger partial charge in [-0.05, 0) is 90.7 Å². The molecule has 3 N–H and O–H groups in total. The van der Waals surface area contributed by atoms with Crippen LogP contribution in [-0.2, 0) is 9.59 Å². The fourth-order valence-corrected chi connectivity index (χ4v) is 5.88. The molecule has 0 heterocycles. The van der Waals surface area contributed by atoms with Crippen molar-refractivity contribution in [3.8, 4) is 0 Å². The Hall–Kier alpha value is -6.00. The lowest BCUT2D eigenvalue weighted by Gasteiger charge is -2.19. The molecule has 10 heteroatoms. The molecule has 0 saturated heterocycles. The topological polar surface area (TPSA) is 130 Å². The van der Waals surface area contributed by atoms with Gasteiger partial charge in [0.1, 0.15) is 10.9 Å². The van der Waals surface area contributed by atoms with E-state index in [4.69, 9.17) is 0 Å². The number of hydrogen-bond acceptors (Lipinski definition) is 6. The van der Waals surface area contributed by atoms with E-state index in [0.29, 0.717) is 16.8 Å². The molecule has 1 atom stereocenters. The van der Waals surface area contributed by atoms with Crippen molar-refractivity contribution < 1.29 is 19.3 Å². The predicted octanol–water partition coefficient (Wildman–Crippen LogP) is 8.09. The Bertz CT molecular complexity index is 1940. The van der Waals surface area contributed by atoms with E-state index >= 15 is 0 Å². The molecule has 5 aromatic rings. The van der Waals surface area contributed by atoms with E-state index in [9.17, 15) is 24.5 Å². The number of nitro groups is 1. The molecule has 48 heavy (non-hydrogen) atoms. The van der Waals surface area contributed by atoms with Gasteiger partial charge in [-0.25, -0.2) is 0 Å². The number of carbonyl (C=O) groups is 3. The third-order valence-electron chi connectivity index (χ3n) is 7.38. The maximum absolute atomic E-state index is 13.6. The number of benzene rings is 5. The monoisotopic (exact) mass is 656 g/mol. The second-order valence-corrected chi connectivity index (χ2v) is 12.0. The smallest absolute Gasteiger partial charge is 0.272 e. The number of aryl methyl sites for hydroxylation is 2. The van der Waals surface area contributed by atoms with E-state index in [2.05, 4.69) is 16.0 Å². The minimum absolute atomic E-state index is 0.0523. The molecule has 0 aliphatic heterocycles. The average Bonchev–Trinajstić information content (AvgIpc) is 3.10. The third kappa shape index (κ3) is 8.62. The summed E-state index contributed by atoms with van der Waals surface area (Å²) in [6.45, 7) is 3.92. The predicted molar refractivity (Wildman–Crippen MR) is 190 cm³/mol. The molecule has 1 unspecified atom stereocenters. The molecule has 0 aliphatic rings. The van der Waals surface area contributed by atoms with Crippen molar-refractivity contribution in [2.24, 2.45) is 0 Å². The Balaban J connectivity index is 1.34. The van der Waals surface area contributed by atoms with Crippen molar-refractivity contribution in [3.05, 3.63) is 171 Å². The molecule has 0 aliphatic carbocycles. The molecular formula is C38H32N4O5S. The van der Waals surface area contributed by atoms with Gasteiger partial charge in [-0.3, -0.25) is 24.5 Å². The van der Waals surface area contributed by atoms with E-state index in [1.807, 2.05) is 74.5 Å².